The molecule has 7 nitrogen and oxygen atoms in total. The fraction of sp³-hybridized carbons (Fsp3) is 0.565. The number of rotatable bonds is 4. The number of carbonyl (C=O) groups excluding carboxylic acids is 1. The molecular weight excluding hydrogens is 439 g/mol. The monoisotopic (exact) mass is 467 g/mol. The van der Waals surface area contributed by atoms with E-state index in [4.69, 9.17) is 4.42 Å². The molecule has 33 heavy (non-hydrogen) atoms. The minimum Gasteiger partial charge on any atom is -0.448 e. The highest BCUT2D eigenvalue weighted by atomic mass is 19.4. The number of amides is 2. The van der Waals surface area contributed by atoms with Gasteiger partial charge in [0.2, 0.25) is 0 Å². The number of hydrogen-bond acceptors (Lipinski definition) is 5. The van der Waals surface area contributed by atoms with E-state index in [2.05, 4.69) is 9.72 Å². The van der Waals surface area contributed by atoms with Gasteiger partial charge < -0.3 is 24.1 Å². The van der Waals surface area contributed by atoms with Crippen LogP contribution in [0.3, 0.4) is 0 Å². The molecule has 3 atom stereocenters. The number of likely N-dealkylation sites (tertiary alicyclic amines) is 2. The van der Waals surface area contributed by atoms with Crippen LogP contribution >= 0.6 is 0 Å². The van der Waals surface area contributed by atoms with Crippen molar-refractivity contribution in [1.29, 1.82) is 0 Å². The van der Waals surface area contributed by atoms with Gasteiger partial charge in [-0.2, -0.15) is 0 Å². The third-order valence-electron chi connectivity index (χ3n) is 6.22. The minimum atomic E-state index is -4.75. The number of hydrogen-bond donors (Lipinski definition) is 1. The minimum absolute atomic E-state index is 0.116. The molecule has 1 aromatic heterocycles. The van der Waals surface area contributed by atoms with Crippen LogP contribution in [-0.4, -0.2) is 64.6 Å². The van der Waals surface area contributed by atoms with Crippen molar-refractivity contribution >= 4 is 6.03 Å². The van der Waals surface area contributed by atoms with Crippen LogP contribution < -0.4 is 4.74 Å². The molecule has 1 aromatic carbocycles. The quantitative estimate of drug-likeness (QED) is 0.719. The average molecular weight is 467 g/mol. The van der Waals surface area contributed by atoms with Gasteiger partial charge in [0, 0.05) is 32.1 Å². The van der Waals surface area contributed by atoms with E-state index in [0.717, 1.165) is 11.3 Å². The number of alkyl halides is 3. The molecule has 0 spiro atoms. The maximum absolute atomic E-state index is 13.2. The summed E-state index contributed by atoms with van der Waals surface area (Å²) >= 11 is 0. The molecule has 2 aromatic rings. The molecule has 10 heteroatoms. The van der Waals surface area contributed by atoms with E-state index in [1.165, 1.54) is 12.1 Å². The van der Waals surface area contributed by atoms with Crippen molar-refractivity contribution in [2.45, 2.75) is 56.9 Å². The zero-order valence-corrected chi connectivity index (χ0v) is 18.6. The first-order valence-electron chi connectivity index (χ1n) is 11.1. The number of carbonyl (C=O) groups is 1. The van der Waals surface area contributed by atoms with Crippen molar-refractivity contribution in [2.24, 2.45) is 0 Å². The summed E-state index contributed by atoms with van der Waals surface area (Å²) in [6, 6.07) is 5.63. The molecule has 3 heterocycles. The number of piperidine rings is 1. The Morgan fingerprint density at radius 2 is 1.85 bits per heavy atom. The van der Waals surface area contributed by atoms with Crippen molar-refractivity contribution in [3.05, 3.63) is 47.7 Å². The zero-order chi connectivity index (χ0) is 23.8. The van der Waals surface area contributed by atoms with Gasteiger partial charge in [-0.1, -0.05) is 26.0 Å². The molecule has 2 aliphatic heterocycles. The standard InChI is InChI=1S/C23H28F3N3O4/c1-14(2)20-13-32-21(27-20)17-9-16(15-3-5-19(6-4-15)33-23(24,25)26)10-29(11-17)22(31)28-8-7-18(30)12-28/h3-6,13-14,16-18,30H,7-12H2,1-2H3. The summed E-state index contributed by atoms with van der Waals surface area (Å²) in [5, 5.41) is 9.84. The van der Waals surface area contributed by atoms with E-state index in [9.17, 15) is 23.1 Å². The Morgan fingerprint density at radius 3 is 2.42 bits per heavy atom. The summed E-state index contributed by atoms with van der Waals surface area (Å²) < 4.78 is 47.2. The summed E-state index contributed by atoms with van der Waals surface area (Å²) in [7, 11) is 0. The Labute approximate surface area is 190 Å². The van der Waals surface area contributed by atoms with Gasteiger partial charge in [-0.05, 0) is 36.5 Å². The number of halogens is 3. The molecule has 3 unspecified atom stereocenters. The lowest BCUT2D eigenvalue weighted by molar-refractivity contribution is -0.274. The first-order chi connectivity index (χ1) is 15.6. The SMILES string of the molecule is CC(C)c1coc(C2CC(c3ccc(OC(F)(F)F)cc3)CN(C(=O)N3CCC(O)C3)C2)n1. The smallest absolute Gasteiger partial charge is 0.448 e. The maximum Gasteiger partial charge on any atom is 0.573 e. The molecule has 0 saturated carbocycles. The fourth-order valence-electron chi connectivity index (χ4n) is 4.49. The molecule has 0 radical (unpaired) electrons. The van der Waals surface area contributed by atoms with Crippen molar-refractivity contribution < 1.29 is 32.2 Å². The normalized spacial score (nSPS) is 23.9. The van der Waals surface area contributed by atoms with Gasteiger partial charge >= 0.3 is 12.4 Å². The highest BCUT2D eigenvalue weighted by molar-refractivity contribution is 5.75. The van der Waals surface area contributed by atoms with E-state index in [0.29, 0.717) is 44.9 Å². The summed E-state index contributed by atoms with van der Waals surface area (Å²) in [6.07, 6.45) is -2.45. The zero-order valence-electron chi connectivity index (χ0n) is 18.6. The third-order valence-corrected chi connectivity index (χ3v) is 6.22. The number of aliphatic hydroxyl groups is 1. The predicted octanol–water partition coefficient (Wildman–Crippen LogP) is 4.46. The highest BCUT2D eigenvalue weighted by Gasteiger charge is 2.37. The number of aliphatic hydroxyl groups excluding tert-OH is 1. The lowest BCUT2D eigenvalue weighted by Gasteiger charge is -2.38. The number of β-amino-alcohol motifs (C(OH)–C–C–N with tert-alkyl or cyclic N) is 1. The molecule has 2 amide bonds. The van der Waals surface area contributed by atoms with Crippen LogP contribution in [-0.2, 0) is 0 Å². The molecule has 2 aliphatic rings. The molecule has 1 N–H and O–H groups in total. The number of aromatic nitrogens is 1. The average Bonchev–Trinajstić information content (AvgIpc) is 3.42. The number of urea groups is 1. The Morgan fingerprint density at radius 1 is 1.15 bits per heavy atom. The molecule has 0 aliphatic carbocycles. The Balaban J connectivity index is 1.56. The van der Waals surface area contributed by atoms with Gasteiger partial charge in [0.25, 0.3) is 0 Å². The number of benzene rings is 1. The van der Waals surface area contributed by atoms with Crippen LogP contribution in [0.15, 0.2) is 34.9 Å². The lowest BCUT2D eigenvalue weighted by atomic mass is 9.84. The summed E-state index contributed by atoms with van der Waals surface area (Å²) in [6.45, 7) is 5.67. The summed E-state index contributed by atoms with van der Waals surface area (Å²) in [5.41, 5.74) is 1.64. The van der Waals surface area contributed by atoms with Gasteiger partial charge in [0.1, 0.15) is 12.0 Å². The van der Waals surface area contributed by atoms with Crippen molar-refractivity contribution in [2.75, 3.05) is 26.2 Å². The molecule has 180 valence electrons. The second-order valence-electron chi connectivity index (χ2n) is 9.09. The second-order valence-corrected chi connectivity index (χ2v) is 9.09. The van der Waals surface area contributed by atoms with Crippen molar-refractivity contribution in [3.63, 3.8) is 0 Å². The van der Waals surface area contributed by atoms with E-state index in [1.807, 2.05) is 13.8 Å². The number of nitrogens with zero attached hydrogens (tertiary/aromatic N) is 3. The molecule has 4 rings (SSSR count). The number of ether oxygens (including phenoxy) is 1. The first kappa shape index (κ1) is 23.4. The van der Waals surface area contributed by atoms with Crippen molar-refractivity contribution in [3.8, 4) is 5.75 Å². The Hall–Kier alpha value is -2.75. The van der Waals surface area contributed by atoms with Gasteiger partial charge in [0.15, 0.2) is 5.89 Å². The second kappa shape index (κ2) is 9.24. The molecular formula is C23H28F3N3O4. The summed E-state index contributed by atoms with van der Waals surface area (Å²) in [5.74, 6) is 0.201. The van der Waals surface area contributed by atoms with Crippen LogP contribution in [0.2, 0.25) is 0 Å². The van der Waals surface area contributed by atoms with Gasteiger partial charge in [-0.15, -0.1) is 13.2 Å². The van der Waals surface area contributed by atoms with Crippen LogP contribution in [0.5, 0.6) is 5.75 Å². The van der Waals surface area contributed by atoms with Crippen molar-refractivity contribution in [1.82, 2.24) is 14.8 Å². The molecule has 2 fully saturated rings. The topological polar surface area (TPSA) is 79.0 Å². The van der Waals surface area contributed by atoms with Crippen LogP contribution in [0.4, 0.5) is 18.0 Å². The Bertz CT molecular complexity index is 961. The van der Waals surface area contributed by atoms with Gasteiger partial charge in [0.05, 0.1) is 17.7 Å². The van der Waals surface area contributed by atoms with Gasteiger partial charge in [-0.3, -0.25) is 0 Å². The Kier molecular flexibility index (Phi) is 6.56. The molecule has 0 bridgehead atoms. The van der Waals surface area contributed by atoms with Crippen LogP contribution in [0.1, 0.15) is 61.6 Å². The van der Waals surface area contributed by atoms with E-state index in [1.54, 1.807) is 28.2 Å². The van der Waals surface area contributed by atoms with E-state index in [-0.39, 0.29) is 29.5 Å². The largest absolute Gasteiger partial charge is 0.573 e. The van der Waals surface area contributed by atoms with E-state index < -0.39 is 12.5 Å². The first-order valence-corrected chi connectivity index (χ1v) is 11.1. The van der Waals surface area contributed by atoms with Crippen LogP contribution in [0.25, 0.3) is 0 Å². The summed E-state index contributed by atoms with van der Waals surface area (Å²) in [4.78, 5) is 21.2. The van der Waals surface area contributed by atoms with Crippen LogP contribution in [0, 0.1) is 0 Å². The fourth-order valence-corrected chi connectivity index (χ4v) is 4.49. The highest BCUT2D eigenvalue weighted by Crippen LogP contribution is 2.37. The maximum atomic E-state index is 13.2. The predicted molar refractivity (Wildman–Crippen MR) is 113 cm³/mol. The molecule has 2 saturated heterocycles. The third kappa shape index (κ3) is 5.61. The lowest BCUT2D eigenvalue weighted by Crippen LogP contribution is -2.48. The van der Waals surface area contributed by atoms with Gasteiger partial charge in [-0.25, -0.2) is 9.78 Å². The number of oxazole rings is 1. The van der Waals surface area contributed by atoms with E-state index >= 15 is 0 Å².